The first-order valence-electron chi connectivity index (χ1n) is 3.37. The summed E-state index contributed by atoms with van der Waals surface area (Å²) in [6, 6.07) is 10.6. The van der Waals surface area contributed by atoms with Gasteiger partial charge in [0.2, 0.25) is 0 Å². The molecule has 0 aromatic heterocycles. The van der Waals surface area contributed by atoms with E-state index >= 15 is 0 Å². The van der Waals surface area contributed by atoms with Crippen molar-refractivity contribution in [1.82, 2.24) is 0 Å². The lowest BCUT2D eigenvalue weighted by molar-refractivity contribution is 1.47. The maximum absolute atomic E-state index is 10.2. The summed E-state index contributed by atoms with van der Waals surface area (Å²) in [5.41, 5.74) is 0.826. The van der Waals surface area contributed by atoms with Crippen molar-refractivity contribution in [3.05, 3.63) is 46.9 Å². The molecule has 0 bridgehead atoms. The van der Waals surface area contributed by atoms with Gasteiger partial charge in [0, 0.05) is 11.6 Å². The minimum Gasteiger partial charge on any atom is -0.193 e. The smallest absolute Gasteiger partial charge is 0.125 e. The van der Waals surface area contributed by atoms with Crippen LogP contribution >= 0.6 is 0 Å². The van der Waals surface area contributed by atoms with Gasteiger partial charge in [0.1, 0.15) is 5.70 Å². The molecule has 0 aliphatic carbocycles. The van der Waals surface area contributed by atoms with E-state index in [0.717, 1.165) is 6.08 Å². The number of hydrogen-bond acceptors (Lipinski definition) is 3. The van der Waals surface area contributed by atoms with Gasteiger partial charge in [-0.1, -0.05) is 30.3 Å². The molecule has 0 amide bonds. The number of nitrogens with zero attached hydrogens (tertiary/aromatic N) is 2. The topological polar surface area (TPSA) is 53.2 Å². The number of hydrogen-bond donors (Lipinski definition) is 0. The van der Waals surface area contributed by atoms with Gasteiger partial charge in [-0.25, -0.2) is 0 Å². The van der Waals surface area contributed by atoms with E-state index in [-0.39, 0.29) is 5.70 Å². The Morgan fingerprint density at radius 3 is 2.58 bits per heavy atom. The summed E-state index contributed by atoms with van der Waals surface area (Å²) >= 11 is 0. The highest BCUT2D eigenvalue weighted by atomic mass is 16.3. The average molecular weight is 158 g/mol. The highest BCUT2D eigenvalue weighted by Crippen LogP contribution is 2.13. The van der Waals surface area contributed by atoms with Gasteiger partial charge in [0.25, 0.3) is 0 Å². The second kappa shape index (κ2) is 4.04. The minimum atomic E-state index is 0.165. The minimum absolute atomic E-state index is 0.165. The van der Waals surface area contributed by atoms with Gasteiger partial charge >= 0.3 is 0 Å². The van der Waals surface area contributed by atoms with E-state index in [4.69, 9.17) is 5.26 Å². The van der Waals surface area contributed by atoms with Gasteiger partial charge in [-0.15, -0.1) is 4.91 Å². The van der Waals surface area contributed by atoms with E-state index in [1.165, 1.54) is 0 Å². The lowest BCUT2D eigenvalue weighted by Crippen LogP contribution is -1.77. The predicted octanol–water partition coefficient (Wildman–Crippen LogP) is 2.32. The van der Waals surface area contributed by atoms with Crippen molar-refractivity contribution in [3.8, 4) is 6.07 Å². The molecule has 0 unspecified atom stereocenters. The molecule has 0 atom stereocenters. The second-order valence-corrected chi connectivity index (χ2v) is 2.12. The fourth-order valence-electron chi connectivity index (χ4n) is 0.832. The van der Waals surface area contributed by atoms with Gasteiger partial charge in [0.05, 0.1) is 6.07 Å². The van der Waals surface area contributed by atoms with Crippen molar-refractivity contribution in [3.63, 3.8) is 0 Å². The van der Waals surface area contributed by atoms with Crippen LogP contribution in [0.15, 0.2) is 41.6 Å². The molecule has 3 nitrogen and oxygen atoms in total. The third kappa shape index (κ3) is 1.77. The van der Waals surface area contributed by atoms with Crippen molar-refractivity contribution in [2.45, 2.75) is 0 Å². The van der Waals surface area contributed by atoms with Crippen LogP contribution in [-0.4, -0.2) is 0 Å². The molecule has 0 aliphatic rings. The van der Waals surface area contributed by atoms with Crippen molar-refractivity contribution in [1.29, 1.82) is 5.26 Å². The number of allylic oxidation sites excluding steroid dienone is 1. The average Bonchev–Trinajstić information content (AvgIpc) is 2.15. The normalized spacial score (nSPS) is 10.4. The number of nitriles is 1. The number of rotatable bonds is 2. The zero-order chi connectivity index (χ0) is 8.81. The molecule has 0 saturated carbocycles. The summed E-state index contributed by atoms with van der Waals surface area (Å²) < 4.78 is 0. The van der Waals surface area contributed by atoms with E-state index in [1.807, 2.05) is 6.07 Å². The van der Waals surface area contributed by atoms with Crippen molar-refractivity contribution in [2.75, 3.05) is 0 Å². The molecule has 1 aromatic carbocycles. The Morgan fingerprint density at radius 2 is 2.08 bits per heavy atom. The maximum Gasteiger partial charge on any atom is 0.125 e. The molecule has 58 valence electrons. The lowest BCUT2D eigenvalue weighted by Gasteiger charge is -1.93. The zero-order valence-corrected chi connectivity index (χ0v) is 6.27. The van der Waals surface area contributed by atoms with Crippen LogP contribution in [0.3, 0.4) is 0 Å². The van der Waals surface area contributed by atoms with Crippen LogP contribution in [-0.2, 0) is 0 Å². The van der Waals surface area contributed by atoms with Crippen LogP contribution in [0.5, 0.6) is 0 Å². The highest BCUT2D eigenvalue weighted by molar-refractivity contribution is 5.66. The lowest BCUT2D eigenvalue weighted by atomic mass is 10.1. The van der Waals surface area contributed by atoms with Crippen molar-refractivity contribution in [2.24, 2.45) is 5.18 Å². The summed E-state index contributed by atoms with van der Waals surface area (Å²) in [5, 5.41) is 11.0. The van der Waals surface area contributed by atoms with Crippen LogP contribution in [0.4, 0.5) is 0 Å². The molecular weight excluding hydrogens is 152 g/mol. The molecular formula is C9H6N2O. The zero-order valence-electron chi connectivity index (χ0n) is 6.27. The largest absolute Gasteiger partial charge is 0.193 e. The first-order chi connectivity index (χ1) is 5.88. The molecule has 1 rings (SSSR count). The Balaban J connectivity index is 3.06. The van der Waals surface area contributed by atoms with Crippen LogP contribution in [0.1, 0.15) is 5.56 Å². The van der Waals surface area contributed by atoms with Crippen LogP contribution in [0.25, 0.3) is 5.70 Å². The molecule has 0 aliphatic heterocycles. The van der Waals surface area contributed by atoms with Crippen molar-refractivity contribution >= 4 is 5.70 Å². The Bertz CT molecular complexity index is 335. The molecule has 0 N–H and O–H groups in total. The quantitative estimate of drug-likeness (QED) is 0.489. The Morgan fingerprint density at radius 1 is 1.42 bits per heavy atom. The third-order valence-corrected chi connectivity index (χ3v) is 1.37. The second-order valence-electron chi connectivity index (χ2n) is 2.12. The molecule has 0 spiro atoms. The SMILES string of the molecule is N#C/C=C(\N=O)c1ccccc1. The molecule has 0 saturated heterocycles. The first kappa shape index (κ1) is 8.15. The monoisotopic (exact) mass is 158 g/mol. The van der Waals surface area contributed by atoms with Gasteiger partial charge in [-0.2, -0.15) is 5.26 Å². The highest BCUT2D eigenvalue weighted by Gasteiger charge is 1.98. The summed E-state index contributed by atoms with van der Waals surface area (Å²) in [4.78, 5) is 10.2. The van der Waals surface area contributed by atoms with E-state index in [0.29, 0.717) is 5.56 Å². The van der Waals surface area contributed by atoms with Gasteiger partial charge in [0.15, 0.2) is 0 Å². The Kier molecular flexibility index (Phi) is 2.74. The van der Waals surface area contributed by atoms with Crippen LogP contribution in [0.2, 0.25) is 0 Å². The van der Waals surface area contributed by atoms with Gasteiger partial charge < -0.3 is 0 Å². The molecule has 0 fully saturated rings. The van der Waals surface area contributed by atoms with Gasteiger partial charge in [-0.05, 0) is 5.18 Å². The molecule has 0 heterocycles. The summed E-state index contributed by atoms with van der Waals surface area (Å²) in [6.07, 6.45) is 1.13. The maximum atomic E-state index is 10.2. The standard InChI is InChI=1S/C9H6N2O/c10-7-6-9(11-12)8-4-2-1-3-5-8/h1-6H/b9-6-. The summed E-state index contributed by atoms with van der Waals surface area (Å²) in [7, 11) is 0. The predicted molar refractivity (Wildman–Crippen MR) is 45.8 cm³/mol. The molecule has 3 heteroatoms. The van der Waals surface area contributed by atoms with Gasteiger partial charge in [-0.3, -0.25) is 0 Å². The number of nitroso groups, excluding NO2 is 1. The Hall–Kier alpha value is -1.95. The summed E-state index contributed by atoms with van der Waals surface area (Å²) in [5.74, 6) is 0. The van der Waals surface area contributed by atoms with E-state index in [1.54, 1.807) is 30.3 Å². The van der Waals surface area contributed by atoms with Crippen LogP contribution in [0, 0.1) is 16.2 Å². The fourth-order valence-corrected chi connectivity index (χ4v) is 0.832. The number of benzene rings is 1. The third-order valence-electron chi connectivity index (χ3n) is 1.37. The summed E-state index contributed by atoms with van der Waals surface area (Å²) in [6.45, 7) is 0. The first-order valence-corrected chi connectivity index (χ1v) is 3.37. The van der Waals surface area contributed by atoms with Crippen LogP contribution < -0.4 is 0 Å². The van der Waals surface area contributed by atoms with E-state index < -0.39 is 0 Å². The Labute approximate surface area is 69.9 Å². The molecule has 1 aromatic rings. The fraction of sp³-hybridized carbons (Fsp3) is 0. The molecule has 0 radical (unpaired) electrons. The van der Waals surface area contributed by atoms with E-state index in [2.05, 4.69) is 5.18 Å². The van der Waals surface area contributed by atoms with Crippen molar-refractivity contribution < 1.29 is 0 Å². The molecule has 12 heavy (non-hydrogen) atoms. The van der Waals surface area contributed by atoms with E-state index in [9.17, 15) is 4.91 Å².